The van der Waals surface area contributed by atoms with Crippen LogP contribution >= 0.6 is 0 Å². The number of carbonyl (C=O) groups is 1. The zero-order valence-corrected chi connectivity index (χ0v) is 16.0. The van der Waals surface area contributed by atoms with Crippen molar-refractivity contribution in [2.45, 2.75) is 38.2 Å². The summed E-state index contributed by atoms with van der Waals surface area (Å²) in [6.45, 7) is 5.23. The molecule has 1 aliphatic heterocycles. The summed E-state index contributed by atoms with van der Waals surface area (Å²) in [5, 5.41) is 10.3. The van der Waals surface area contributed by atoms with E-state index in [-0.39, 0.29) is 17.9 Å². The van der Waals surface area contributed by atoms with Crippen molar-refractivity contribution in [3.8, 4) is 11.1 Å². The van der Waals surface area contributed by atoms with Crippen molar-refractivity contribution in [2.75, 3.05) is 19.7 Å². The Morgan fingerprint density at radius 2 is 1.70 bits per heavy atom. The van der Waals surface area contributed by atoms with Gasteiger partial charge in [-0.25, -0.2) is 4.79 Å². The molecule has 27 heavy (non-hydrogen) atoms. The highest BCUT2D eigenvalue weighted by atomic mass is 16.6. The van der Waals surface area contributed by atoms with Crippen LogP contribution in [0.25, 0.3) is 11.1 Å². The molecule has 0 bridgehead atoms. The van der Waals surface area contributed by atoms with Crippen molar-refractivity contribution in [1.29, 1.82) is 0 Å². The highest BCUT2D eigenvalue weighted by Crippen LogP contribution is 2.44. The highest BCUT2D eigenvalue weighted by molar-refractivity contribution is 5.79. The van der Waals surface area contributed by atoms with E-state index in [1.54, 1.807) is 4.90 Å². The van der Waals surface area contributed by atoms with Crippen LogP contribution in [0.5, 0.6) is 0 Å². The summed E-state index contributed by atoms with van der Waals surface area (Å²) in [7, 11) is 0. The summed E-state index contributed by atoms with van der Waals surface area (Å²) < 4.78 is 5.75. The van der Waals surface area contributed by atoms with Gasteiger partial charge in [0.25, 0.3) is 0 Å². The van der Waals surface area contributed by atoms with Crippen LogP contribution in [0.4, 0.5) is 4.79 Å². The van der Waals surface area contributed by atoms with E-state index >= 15 is 0 Å². The van der Waals surface area contributed by atoms with E-state index in [4.69, 9.17) is 4.74 Å². The largest absolute Gasteiger partial charge is 0.448 e. The summed E-state index contributed by atoms with van der Waals surface area (Å²) >= 11 is 0. The Bertz CT molecular complexity index is 794. The third-order valence-corrected chi connectivity index (χ3v) is 6.01. The van der Waals surface area contributed by atoms with E-state index in [1.807, 2.05) is 26.0 Å². The maximum Gasteiger partial charge on any atom is 0.409 e. The quantitative estimate of drug-likeness (QED) is 0.876. The topological polar surface area (TPSA) is 49.8 Å². The molecule has 4 nitrogen and oxygen atoms in total. The number of piperidine rings is 1. The van der Waals surface area contributed by atoms with Gasteiger partial charge < -0.3 is 14.7 Å². The van der Waals surface area contributed by atoms with Crippen molar-refractivity contribution < 1.29 is 14.6 Å². The number of fused-ring (bicyclic) bond motifs is 3. The SMILES string of the molecule is CC(C)(O)C1CCCN(C(=O)OCC2c3ccccc3-c3ccccc32)C1. The van der Waals surface area contributed by atoms with Gasteiger partial charge in [0.05, 0.1) is 5.60 Å². The summed E-state index contributed by atoms with van der Waals surface area (Å²) in [5.41, 5.74) is 4.13. The Labute approximate surface area is 160 Å². The molecule has 0 radical (unpaired) electrons. The summed E-state index contributed by atoms with van der Waals surface area (Å²) in [6, 6.07) is 16.7. The third kappa shape index (κ3) is 3.46. The van der Waals surface area contributed by atoms with Gasteiger partial charge in [-0.3, -0.25) is 0 Å². The van der Waals surface area contributed by atoms with Crippen LogP contribution in [0.2, 0.25) is 0 Å². The lowest BCUT2D eigenvalue weighted by Gasteiger charge is -2.38. The van der Waals surface area contributed by atoms with Gasteiger partial charge in [-0.05, 0) is 48.9 Å². The number of benzene rings is 2. The Morgan fingerprint density at radius 1 is 1.11 bits per heavy atom. The molecule has 4 heteroatoms. The van der Waals surface area contributed by atoms with Crippen molar-refractivity contribution in [3.63, 3.8) is 0 Å². The molecule has 1 saturated heterocycles. The van der Waals surface area contributed by atoms with E-state index in [2.05, 4.69) is 36.4 Å². The van der Waals surface area contributed by atoms with Crippen molar-refractivity contribution in [3.05, 3.63) is 59.7 Å². The number of nitrogens with zero attached hydrogens (tertiary/aromatic N) is 1. The van der Waals surface area contributed by atoms with E-state index in [0.29, 0.717) is 19.7 Å². The van der Waals surface area contributed by atoms with Gasteiger partial charge in [-0.1, -0.05) is 48.5 Å². The van der Waals surface area contributed by atoms with Gasteiger partial charge in [0.15, 0.2) is 0 Å². The van der Waals surface area contributed by atoms with Crippen LogP contribution in [0.1, 0.15) is 43.7 Å². The molecule has 0 aromatic heterocycles. The number of carbonyl (C=O) groups excluding carboxylic acids is 1. The number of aliphatic hydroxyl groups is 1. The molecule has 1 atom stereocenters. The molecule has 142 valence electrons. The van der Waals surface area contributed by atoms with Gasteiger partial charge in [-0.15, -0.1) is 0 Å². The Kier molecular flexibility index (Phi) is 4.68. The number of rotatable bonds is 3. The molecule has 2 aliphatic rings. The minimum absolute atomic E-state index is 0.0798. The standard InChI is InChI=1S/C23H27NO3/c1-23(2,26)16-8-7-13-24(14-16)22(25)27-15-21-19-11-5-3-9-17(19)18-10-4-6-12-20(18)21/h3-6,9-12,16,21,26H,7-8,13-15H2,1-2H3. The molecule has 2 aromatic rings. The number of amides is 1. The molecule has 1 fully saturated rings. The Hall–Kier alpha value is -2.33. The molecule has 1 aliphatic carbocycles. The molecular weight excluding hydrogens is 338 g/mol. The van der Waals surface area contributed by atoms with E-state index < -0.39 is 5.60 Å². The fourth-order valence-corrected chi connectivity index (χ4v) is 4.40. The molecule has 1 N–H and O–H groups in total. The lowest BCUT2D eigenvalue weighted by molar-refractivity contribution is -0.0179. The average Bonchev–Trinajstić information content (AvgIpc) is 2.99. The van der Waals surface area contributed by atoms with Crippen LogP contribution in [0, 0.1) is 5.92 Å². The van der Waals surface area contributed by atoms with Crippen LogP contribution in [-0.2, 0) is 4.74 Å². The summed E-state index contributed by atoms with van der Waals surface area (Å²) in [5.74, 6) is 0.169. The van der Waals surface area contributed by atoms with Crippen LogP contribution < -0.4 is 0 Å². The third-order valence-electron chi connectivity index (χ3n) is 6.01. The number of likely N-dealkylation sites (tertiary alicyclic amines) is 1. The first-order valence-electron chi connectivity index (χ1n) is 9.77. The zero-order valence-electron chi connectivity index (χ0n) is 16.0. The highest BCUT2D eigenvalue weighted by Gasteiger charge is 2.34. The second-order valence-electron chi connectivity index (χ2n) is 8.24. The van der Waals surface area contributed by atoms with E-state index in [1.165, 1.54) is 22.3 Å². The predicted molar refractivity (Wildman–Crippen MR) is 106 cm³/mol. The summed E-state index contributed by atoms with van der Waals surface area (Å²) in [6.07, 6.45) is 1.57. The maximum absolute atomic E-state index is 12.7. The fourth-order valence-electron chi connectivity index (χ4n) is 4.40. The molecule has 1 heterocycles. The van der Waals surface area contributed by atoms with Crippen LogP contribution in [0.15, 0.2) is 48.5 Å². The molecule has 1 amide bonds. The van der Waals surface area contributed by atoms with Gasteiger partial charge in [0.1, 0.15) is 6.61 Å². The van der Waals surface area contributed by atoms with Gasteiger partial charge >= 0.3 is 6.09 Å². The Morgan fingerprint density at radius 3 is 2.30 bits per heavy atom. The first-order valence-corrected chi connectivity index (χ1v) is 9.77. The van der Waals surface area contributed by atoms with Crippen LogP contribution in [0.3, 0.4) is 0 Å². The number of ether oxygens (including phenoxy) is 1. The van der Waals surface area contributed by atoms with Gasteiger partial charge in [0.2, 0.25) is 0 Å². The predicted octanol–water partition coefficient (Wildman–Crippen LogP) is 4.42. The normalized spacial score (nSPS) is 19.5. The monoisotopic (exact) mass is 365 g/mol. The minimum atomic E-state index is -0.776. The molecular formula is C23H27NO3. The van der Waals surface area contributed by atoms with Gasteiger partial charge in [0, 0.05) is 24.9 Å². The molecule has 0 saturated carbocycles. The van der Waals surface area contributed by atoms with Crippen molar-refractivity contribution in [2.24, 2.45) is 5.92 Å². The van der Waals surface area contributed by atoms with Crippen LogP contribution in [-0.4, -0.2) is 41.4 Å². The first kappa shape index (κ1) is 18.1. The van der Waals surface area contributed by atoms with Crippen molar-refractivity contribution >= 4 is 6.09 Å². The van der Waals surface area contributed by atoms with E-state index in [9.17, 15) is 9.90 Å². The number of hydrogen-bond acceptors (Lipinski definition) is 3. The summed E-state index contributed by atoms with van der Waals surface area (Å²) in [4.78, 5) is 14.4. The van der Waals surface area contributed by atoms with E-state index in [0.717, 1.165) is 12.8 Å². The average molecular weight is 365 g/mol. The zero-order chi connectivity index (χ0) is 19.0. The fraction of sp³-hybridized carbons (Fsp3) is 0.435. The second kappa shape index (κ2) is 7.01. The molecule has 2 aromatic carbocycles. The molecule has 1 unspecified atom stereocenters. The smallest absolute Gasteiger partial charge is 0.409 e. The first-order chi connectivity index (χ1) is 12.9. The lowest BCUT2D eigenvalue weighted by atomic mass is 9.84. The van der Waals surface area contributed by atoms with Gasteiger partial charge in [-0.2, -0.15) is 0 Å². The molecule has 0 spiro atoms. The lowest BCUT2D eigenvalue weighted by Crippen LogP contribution is -2.47. The Balaban J connectivity index is 1.47. The molecule has 4 rings (SSSR count). The minimum Gasteiger partial charge on any atom is -0.448 e. The number of hydrogen-bond donors (Lipinski definition) is 1. The van der Waals surface area contributed by atoms with Crippen molar-refractivity contribution in [1.82, 2.24) is 4.90 Å². The maximum atomic E-state index is 12.7. The second-order valence-corrected chi connectivity index (χ2v) is 8.24.